The van der Waals surface area contributed by atoms with Crippen molar-refractivity contribution < 1.29 is 23.4 Å². The first-order valence-electron chi connectivity index (χ1n) is 9.76. The third-order valence-electron chi connectivity index (χ3n) is 4.80. The van der Waals surface area contributed by atoms with Crippen molar-refractivity contribution in [3.05, 3.63) is 94.3 Å². The monoisotopic (exact) mass is 416 g/mol. The van der Waals surface area contributed by atoms with Crippen molar-refractivity contribution in [2.75, 3.05) is 7.11 Å². The Bertz CT molecular complexity index is 1300. The zero-order valence-corrected chi connectivity index (χ0v) is 17.1. The van der Waals surface area contributed by atoms with E-state index < -0.39 is 5.97 Å². The zero-order chi connectivity index (χ0) is 21.8. The second kappa shape index (κ2) is 8.75. The average Bonchev–Trinajstić information content (AvgIpc) is 2.81. The molecule has 1 aromatic heterocycles. The van der Waals surface area contributed by atoms with Gasteiger partial charge in [-0.15, -0.1) is 0 Å². The number of hydrogen-bond donors (Lipinski definition) is 0. The molecule has 6 nitrogen and oxygen atoms in total. The van der Waals surface area contributed by atoms with Gasteiger partial charge in [-0.25, -0.2) is 4.79 Å². The van der Waals surface area contributed by atoms with Crippen molar-refractivity contribution in [3.63, 3.8) is 0 Å². The Morgan fingerprint density at radius 2 is 1.77 bits per heavy atom. The van der Waals surface area contributed by atoms with Crippen LogP contribution in [-0.4, -0.2) is 13.1 Å². The molecule has 0 saturated carbocycles. The van der Waals surface area contributed by atoms with Crippen LogP contribution in [0.25, 0.3) is 11.0 Å². The summed E-state index contributed by atoms with van der Waals surface area (Å²) in [5.74, 6) is 0.969. The molecule has 0 atom stereocenters. The van der Waals surface area contributed by atoms with Gasteiger partial charge in [0.25, 0.3) is 0 Å². The summed E-state index contributed by atoms with van der Waals surface area (Å²) in [5.41, 5.74) is 1.32. The Balaban J connectivity index is 1.59. The number of para-hydroxylation sites is 1. The highest BCUT2D eigenvalue weighted by molar-refractivity contribution is 5.92. The normalized spacial score (nSPS) is 10.6. The summed E-state index contributed by atoms with van der Waals surface area (Å²) in [5, 5.41) is 0.327. The van der Waals surface area contributed by atoms with Crippen molar-refractivity contribution in [1.29, 1.82) is 0 Å². The highest BCUT2D eigenvalue weighted by Gasteiger charge is 2.14. The number of aryl methyl sites for hydroxylation is 1. The van der Waals surface area contributed by atoms with Crippen LogP contribution < -0.4 is 19.6 Å². The van der Waals surface area contributed by atoms with Crippen molar-refractivity contribution in [3.8, 4) is 23.0 Å². The maximum Gasteiger partial charge on any atom is 0.343 e. The van der Waals surface area contributed by atoms with Gasteiger partial charge < -0.3 is 18.6 Å². The van der Waals surface area contributed by atoms with Crippen molar-refractivity contribution in [1.82, 2.24) is 0 Å². The van der Waals surface area contributed by atoms with Gasteiger partial charge in [-0.3, -0.25) is 4.79 Å². The second-order valence-electron chi connectivity index (χ2n) is 6.77. The Morgan fingerprint density at radius 1 is 0.935 bits per heavy atom. The van der Waals surface area contributed by atoms with Crippen LogP contribution in [0.1, 0.15) is 22.8 Å². The first-order chi connectivity index (χ1) is 15.1. The van der Waals surface area contributed by atoms with Crippen LogP contribution in [0.5, 0.6) is 23.0 Å². The van der Waals surface area contributed by atoms with Crippen LogP contribution >= 0.6 is 0 Å². The van der Waals surface area contributed by atoms with E-state index >= 15 is 0 Å². The summed E-state index contributed by atoms with van der Waals surface area (Å²) < 4.78 is 21.9. The summed E-state index contributed by atoms with van der Waals surface area (Å²) in [7, 11) is 1.52. The molecule has 4 aromatic rings. The summed E-state index contributed by atoms with van der Waals surface area (Å²) in [4.78, 5) is 25.3. The highest BCUT2D eigenvalue weighted by atomic mass is 16.5. The number of carbonyl (C=O) groups excluding carboxylic acids is 1. The molecule has 0 fully saturated rings. The van der Waals surface area contributed by atoms with E-state index in [1.165, 1.54) is 19.4 Å². The van der Waals surface area contributed by atoms with Crippen LogP contribution in [0.15, 0.2) is 82.2 Å². The van der Waals surface area contributed by atoms with Crippen LogP contribution in [0.2, 0.25) is 0 Å². The van der Waals surface area contributed by atoms with Crippen molar-refractivity contribution in [2.24, 2.45) is 0 Å². The van der Waals surface area contributed by atoms with Gasteiger partial charge in [0.05, 0.1) is 18.1 Å². The smallest absolute Gasteiger partial charge is 0.343 e. The number of rotatable bonds is 6. The first-order valence-corrected chi connectivity index (χ1v) is 9.76. The molecule has 0 bridgehead atoms. The maximum absolute atomic E-state index is 12.9. The largest absolute Gasteiger partial charge is 0.497 e. The molecular formula is C25H20O6. The maximum atomic E-state index is 12.9. The molecule has 6 heteroatoms. The minimum Gasteiger partial charge on any atom is -0.497 e. The van der Waals surface area contributed by atoms with Crippen molar-refractivity contribution in [2.45, 2.75) is 13.3 Å². The molecule has 0 unspecified atom stereocenters. The van der Waals surface area contributed by atoms with Gasteiger partial charge in [0.1, 0.15) is 29.1 Å². The molecule has 0 aliphatic rings. The number of methoxy groups -OCH3 is 1. The van der Waals surface area contributed by atoms with Crippen LogP contribution in [0.3, 0.4) is 0 Å². The lowest BCUT2D eigenvalue weighted by molar-refractivity contribution is 0.0734. The van der Waals surface area contributed by atoms with Gasteiger partial charge in [0.2, 0.25) is 11.2 Å². The van der Waals surface area contributed by atoms with E-state index in [0.717, 1.165) is 12.0 Å². The first kappa shape index (κ1) is 20.2. The lowest BCUT2D eigenvalue weighted by Crippen LogP contribution is -2.09. The van der Waals surface area contributed by atoms with Crippen molar-refractivity contribution >= 4 is 16.9 Å². The summed E-state index contributed by atoms with van der Waals surface area (Å²) in [6.07, 6.45) is 2.04. The van der Waals surface area contributed by atoms with E-state index in [-0.39, 0.29) is 22.5 Å². The number of carbonyl (C=O) groups is 1. The molecule has 0 aliphatic heterocycles. The Kier molecular flexibility index (Phi) is 5.71. The standard InChI is InChI=1S/C25H20O6/c1-3-16-7-4-5-10-21(16)31-23-15-29-22-14-19(11-12-20(22)24(23)26)30-25(27)17-8-6-9-18(13-17)28-2/h4-15H,3H2,1-2H3. The van der Waals surface area contributed by atoms with Gasteiger partial charge >= 0.3 is 5.97 Å². The van der Waals surface area contributed by atoms with Gasteiger partial charge in [-0.2, -0.15) is 0 Å². The summed E-state index contributed by atoms with van der Waals surface area (Å²) in [6, 6.07) is 18.8. The fraction of sp³-hybridized carbons (Fsp3) is 0.120. The van der Waals surface area contributed by atoms with E-state index in [2.05, 4.69) is 0 Å². The molecule has 4 rings (SSSR count). The second-order valence-corrected chi connectivity index (χ2v) is 6.77. The van der Waals surface area contributed by atoms with E-state index in [1.807, 2.05) is 31.2 Å². The van der Waals surface area contributed by atoms with E-state index in [0.29, 0.717) is 22.4 Å². The van der Waals surface area contributed by atoms with Gasteiger partial charge in [0.15, 0.2) is 0 Å². The fourth-order valence-corrected chi connectivity index (χ4v) is 3.15. The number of hydrogen-bond acceptors (Lipinski definition) is 6. The number of fused-ring (bicyclic) bond motifs is 1. The fourth-order valence-electron chi connectivity index (χ4n) is 3.15. The Hall–Kier alpha value is -4.06. The minimum absolute atomic E-state index is 0.0922. The van der Waals surface area contributed by atoms with E-state index in [4.69, 9.17) is 18.6 Å². The minimum atomic E-state index is -0.545. The number of ether oxygens (including phenoxy) is 3. The molecule has 1 heterocycles. The molecule has 0 spiro atoms. The van der Waals surface area contributed by atoms with Gasteiger partial charge in [-0.05, 0) is 48.4 Å². The SMILES string of the molecule is CCc1ccccc1Oc1coc2cc(OC(=O)c3cccc(OC)c3)ccc2c1=O. The Morgan fingerprint density at radius 3 is 2.58 bits per heavy atom. The summed E-state index contributed by atoms with van der Waals surface area (Å²) in [6.45, 7) is 2.01. The zero-order valence-electron chi connectivity index (χ0n) is 17.1. The predicted octanol–water partition coefficient (Wildman–Crippen LogP) is 5.38. The molecule has 0 N–H and O–H groups in total. The van der Waals surface area contributed by atoms with Gasteiger partial charge in [0, 0.05) is 6.07 Å². The third-order valence-corrected chi connectivity index (χ3v) is 4.80. The lowest BCUT2D eigenvalue weighted by atomic mass is 10.1. The van der Waals surface area contributed by atoms with Crippen LogP contribution in [-0.2, 0) is 6.42 Å². The lowest BCUT2D eigenvalue weighted by Gasteiger charge is -2.10. The molecule has 0 aliphatic carbocycles. The molecule has 0 saturated heterocycles. The molecule has 156 valence electrons. The third kappa shape index (κ3) is 4.28. The van der Waals surface area contributed by atoms with E-state index in [1.54, 1.807) is 36.4 Å². The summed E-state index contributed by atoms with van der Waals surface area (Å²) >= 11 is 0. The molecule has 0 amide bonds. The Labute approximate surface area is 178 Å². The quantitative estimate of drug-likeness (QED) is 0.310. The van der Waals surface area contributed by atoms with E-state index in [9.17, 15) is 9.59 Å². The molecule has 0 radical (unpaired) electrons. The topological polar surface area (TPSA) is 75.0 Å². The highest BCUT2D eigenvalue weighted by Crippen LogP contribution is 2.27. The molecule has 3 aromatic carbocycles. The van der Waals surface area contributed by atoms with Crippen LogP contribution in [0, 0.1) is 0 Å². The number of esters is 1. The van der Waals surface area contributed by atoms with Crippen LogP contribution in [0.4, 0.5) is 0 Å². The van der Waals surface area contributed by atoms with Gasteiger partial charge in [-0.1, -0.05) is 31.2 Å². The average molecular weight is 416 g/mol. The molecular weight excluding hydrogens is 396 g/mol. The number of benzene rings is 3. The predicted molar refractivity (Wildman–Crippen MR) is 116 cm³/mol. The molecule has 31 heavy (non-hydrogen) atoms.